The van der Waals surface area contributed by atoms with Gasteiger partial charge in [-0.2, -0.15) is 21.3 Å². The molecule has 0 amide bonds. The minimum atomic E-state index is -3.64. The molecule has 2 aliphatic heterocycles. The van der Waals surface area contributed by atoms with Gasteiger partial charge in [-0.15, -0.1) is 0 Å². The summed E-state index contributed by atoms with van der Waals surface area (Å²) in [7, 11) is -7.27. The van der Waals surface area contributed by atoms with Crippen LogP contribution in [0, 0.1) is 0 Å². The Hall–Kier alpha value is -1.04. The van der Waals surface area contributed by atoms with E-state index in [0.717, 1.165) is 5.56 Å². The molecule has 2 aliphatic rings. The molecular weight excluding hydrogens is 414 g/mol. The number of ether oxygens (including phenoxy) is 1. The van der Waals surface area contributed by atoms with Crippen LogP contribution in [0.1, 0.15) is 39.2 Å². The number of piperazine rings is 1. The van der Waals surface area contributed by atoms with Crippen molar-refractivity contribution in [2.24, 2.45) is 0 Å². The highest BCUT2D eigenvalue weighted by Gasteiger charge is 2.38. The summed E-state index contributed by atoms with van der Waals surface area (Å²) in [6.07, 6.45) is -0.326. The maximum absolute atomic E-state index is 13.0. The number of hydrogen-bond donors (Lipinski definition) is 0. The molecule has 2 fully saturated rings. The highest BCUT2D eigenvalue weighted by Crippen LogP contribution is 2.23. The molecule has 2 saturated heterocycles. The molecule has 1 aromatic rings. The molecule has 0 aliphatic carbocycles. The second-order valence-electron chi connectivity index (χ2n) is 8.11. The number of benzene rings is 1. The highest BCUT2D eigenvalue weighted by atomic mass is 32.2. The molecule has 2 atom stereocenters. The van der Waals surface area contributed by atoms with Crippen molar-refractivity contribution in [1.29, 1.82) is 0 Å². The van der Waals surface area contributed by atoms with Crippen molar-refractivity contribution < 1.29 is 21.6 Å². The molecule has 164 valence electrons. The summed E-state index contributed by atoms with van der Waals surface area (Å²) in [5.74, 6) is 0.325. The van der Waals surface area contributed by atoms with E-state index in [0.29, 0.717) is 19.0 Å². The third kappa shape index (κ3) is 4.83. The molecule has 29 heavy (non-hydrogen) atoms. The summed E-state index contributed by atoms with van der Waals surface area (Å²) < 4.78 is 61.7. The van der Waals surface area contributed by atoms with Crippen LogP contribution in [0.3, 0.4) is 0 Å². The molecular formula is C19H31N3O5S2. The third-order valence-electron chi connectivity index (χ3n) is 5.42. The van der Waals surface area contributed by atoms with Crippen LogP contribution in [0.5, 0.6) is 0 Å². The van der Waals surface area contributed by atoms with Crippen molar-refractivity contribution in [3.8, 4) is 0 Å². The second kappa shape index (κ2) is 8.60. The van der Waals surface area contributed by atoms with E-state index in [1.54, 1.807) is 12.1 Å². The zero-order valence-corrected chi connectivity index (χ0v) is 19.1. The lowest BCUT2D eigenvalue weighted by Gasteiger charge is -2.40. The van der Waals surface area contributed by atoms with Gasteiger partial charge in [-0.3, -0.25) is 0 Å². The van der Waals surface area contributed by atoms with Crippen LogP contribution in [-0.2, 0) is 25.0 Å². The van der Waals surface area contributed by atoms with Crippen molar-refractivity contribution in [3.63, 3.8) is 0 Å². The average Bonchev–Trinajstić information content (AvgIpc) is 2.67. The number of sulfonamides is 1. The van der Waals surface area contributed by atoms with Crippen LogP contribution in [0.2, 0.25) is 0 Å². The van der Waals surface area contributed by atoms with Gasteiger partial charge in [-0.05, 0) is 37.5 Å². The van der Waals surface area contributed by atoms with E-state index >= 15 is 0 Å². The van der Waals surface area contributed by atoms with Gasteiger partial charge in [0.25, 0.3) is 10.2 Å². The number of rotatable bonds is 5. The van der Waals surface area contributed by atoms with E-state index in [1.165, 1.54) is 12.9 Å². The summed E-state index contributed by atoms with van der Waals surface area (Å²) in [4.78, 5) is 0.244. The SMILES string of the molecule is CC(C)c1ccc(S(=O)(=O)N2CCN(S(=O)(=O)N3C[C@@H](C)O[C@H](C)C3)CC2)cc1. The fraction of sp³-hybridized carbons (Fsp3) is 0.684. The normalized spacial score (nSPS) is 26.1. The number of hydrogen-bond acceptors (Lipinski definition) is 5. The van der Waals surface area contributed by atoms with Crippen LogP contribution in [0.15, 0.2) is 29.2 Å². The van der Waals surface area contributed by atoms with Gasteiger partial charge in [0, 0.05) is 39.3 Å². The monoisotopic (exact) mass is 445 g/mol. The van der Waals surface area contributed by atoms with E-state index in [2.05, 4.69) is 13.8 Å². The van der Waals surface area contributed by atoms with Gasteiger partial charge in [0.1, 0.15) is 0 Å². The molecule has 0 unspecified atom stereocenters. The lowest BCUT2D eigenvalue weighted by Crippen LogP contribution is -2.57. The zero-order valence-electron chi connectivity index (χ0n) is 17.5. The lowest BCUT2D eigenvalue weighted by atomic mass is 10.0. The van der Waals surface area contributed by atoms with E-state index in [1.807, 2.05) is 26.0 Å². The third-order valence-corrected chi connectivity index (χ3v) is 9.30. The number of morpholine rings is 1. The molecule has 0 bridgehead atoms. The highest BCUT2D eigenvalue weighted by molar-refractivity contribution is 7.89. The molecule has 0 spiro atoms. The Morgan fingerprint density at radius 3 is 1.79 bits per heavy atom. The molecule has 1 aromatic carbocycles. The molecule has 0 saturated carbocycles. The summed E-state index contributed by atoms with van der Waals surface area (Å²) in [6.45, 7) is 9.02. The van der Waals surface area contributed by atoms with Crippen LogP contribution < -0.4 is 0 Å². The summed E-state index contributed by atoms with van der Waals surface area (Å²) in [6, 6.07) is 6.92. The van der Waals surface area contributed by atoms with Crippen molar-refractivity contribution in [1.82, 2.24) is 12.9 Å². The van der Waals surface area contributed by atoms with Crippen LogP contribution in [0.4, 0.5) is 0 Å². The van der Waals surface area contributed by atoms with Gasteiger partial charge in [0.05, 0.1) is 17.1 Å². The van der Waals surface area contributed by atoms with Gasteiger partial charge in [-0.1, -0.05) is 26.0 Å². The summed E-state index contributed by atoms with van der Waals surface area (Å²) in [5.41, 5.74) is 1.08. The first-order chi connectivity index (χ1) is 13.5. The summed E-state index contributed by atoms with van der Waals surface area (Å²) in [5, 5.41) is 0. The Kier molecular flexibility index (Phi) is 6.72. The Labute approximate surface area is 174 Å². The van der Waals surface area contributed by atoms with Crippen molar-refractivity contribution in [3.05, 3.63) is 29.8 Å². The Morgan fingerprint density at radius 2 is 1.31 bits per heavy atom. The molecule has 8 nitrogen and oxygen atoms in total. The van der Waals surface area contributed by atoms with E-state index < -0.39 is 20.2 Å². The van der Waals surface area contributed by atoms with Crippen LogP contribution in [-0.4, -0.2) is 81.2 Å². The van der Waals surface area contributed by atoms with Gasteiger partial charge < -0.3 is 4.74 Å². The van der Waals surface area contributed by atoms with Gasteiger partial charge in [-0.25, -0.2) is 8.42 Å². The van der Waals surface area contributed by atoms with Gasteiger partial charge in [0.15, 0.2) is 0 Å². The fourth-order valence-electron chi connectivity index (χ4n) is 3.80. The molecule has 2 heterocycles. The minimum Gasteiger partial charge on any atom is -0.373 e. The molecule has 0 N–H and O–H groups in total. The average molecular weight is 446 g/mol. The van der Waals surface area contributed by atoms with E-state index in [9.17, 15) is 16.8 Å². The molecule has 0 radical (unpaired) electrons. The van der Waals surface area contributed by atoms with Gasteiger partial charge >= 0.3 is 0 Å². The van der Waals surface area contributed by atoms with Crippen LogP contribution >= 0.6 is 0 Å². The minimum absolute atomic E-state index is 0.142. The van der Waals surface area contributed by atoms with Crippen LogP contribution in [0.25, 0.3) is 0 Å². The Balaban J connectivity index is 1.67. The standard InChI is InChI=1S/C19H31N3O5S2/c1-15(2)18-5-7-19(8-6-18)28(23,24)20-9-11-21(12-10-20)29(25,26)22-13-16(3)27-17(4)14-22/h5-8,15-17H,9-14H2,1-4H3/t16-,17-/m1/s1. The first-order valence-electron chi connectivity index (χ1n) is 10.0. The van der Waals surface area contributed by atoms with Crippen molar-refractivity contribution in [2.75, 3.05) is 39.3 Å². The Morgan fingerprint density at radius 1 is 0.828 bits per heavy atom. The first-order valence-corrected chi connectivity index (χ1v) is 12.9. The lowest BCUT2D eigenvalue weighted by molar-refractivity contribution is -0.0456. The molecule has 10 heteroatoms. The van der Waals surface area contributed by atoms with Crippen molar-refractivity contribution >= 4 is 20.2 Å². The topological polar surface area (TPSA) is 87.2 Å². The quantitative estimate of drug-likeness (QED) is 0.685. The Bertz CT molecular complexity index is 898. The second-order valence-corrected chi connectivity index (χ2v) is 12.0. The smallest absolute Gasteiger partial charge is 0.282 e. The molecule has 0 aromatic heterocycles. The zero-order chi connectivity index (χ0) is 21.4. The van der Waals surface area contributed by atoms with Crippen molar-refractivity contribution in [2.45, 2.75) is 50.7 Å². The maximum atomic E-state index is 13.0. The van der Waals surface area contributed by atoms with Gasteiger partial charge in [0.2, 0.25) is 10.0 Å². The fourth-order valence-corrected chi connectivity index (χ4v) is 6.97. The summed E-state index contributed by atoms with van der Waals surface area (Å²) >= 11 is 0. The largest absolute Gasteiger partial charge is 0.373 e. The first kappa shape index (κ1) is 22.6. The number of nitrogens with zero attached hydrogens (tertiary/aromatic N) is 3. The van der Waals surface area contributed by atoms with E-state index in [4.69, 9.17) is 4.74 Å². The molecule has 3 rings (SSSR count). The predicted molar refractivity (Wildman–Crippen MR) is 111 cm³/mol. The predicted octanol–water partition coefficient (Wildman–Crippen LogP) is 1.47. The van der Waals surface area contributed by atoms with E-state index in [-0.39, 0.29) is 43.3 Å². The maximum Gasteiger partial charge on any atom is 0.282 e.